The number of carbonyl (C=O) groups is 1. The minimum Gasteiger partial charge on any atom is -0.457 e. The Balaban J connectivity index is 1.73. The quantitative estimate of drug-likeness (QED) is 0.236. The zero-order valence-corrected chi connectivity index (χ0v) is 19.1. The first-order valence-electron chi connectivity index (χ1n) is 11.4. The second kappa shape index (κ2) is 11.9. The molecule has 0 N–H and O–H groups in total. The molecular weight excluding hydrogens is 400 g/mol. The number of esters is 1. The minimum atomic E-state index is -0.629. The highest BCUT2D eigenvalue weighted by Crippen LogP contribution is 2.30. The van der Waals surface area contributed by atoms with Gasteiger partial charge in [0.2, 0.25) is 6.29 Å². The number of hydrogen-bond donors (Lipinski definition) is 0. The topological polar surface area (TPSA) is 44.8 Å². The van der Waals surface area contributed by atoms with Gasteiger partial charge in [0.05, 0.1) is 5.92 Å². The Hall–Kier alpha value is -3.27. The van der Waals surface area contributed by atoms with Crippen LogP contribution in [-0.4, -0.2) is 12.3 Å². The molecule has 0 amide bonds. The average Bonchev–Trinajstić information content (AvgIpc) is 2.81. The van der Waals surface area contributed by atoms with Crippen molar-refractivity contribution >= 4 is 5.97 Å². The molecule has 2 atom stereocenters. The van der Waals surface area contributed by atoms with E-state index in [2.05, 4.69) is 13.8 Å². The molecule has 0 aromatic heterocycles. The molecule has 3 rings (SSSR count). The monoisotopic (exact) mass is 432 g/mol. The van der Waals surface area contributed by atoms with Gasteiger partial charge in [-0.25, -0.2) is 0 Å². The maximum Gasteiger partial charge on any atom is 0.316 e. The molecule has 0 aliphatic rings. The van der Waals surface area contributed by atoms with Gasteiger partial charge in [0.15, 0.2) is 0 Å². The van der Waals surface area contributed by atoms with Crippen LogP contribution in [-0.2, 0) is 16.0 Å². The van der Waals surface area contributed by atoms with E-state index in [1.807, 2.05) is 85.8 Å². The highest BCUT2D eigenvalue weighted by Gasteiger charge is 2.23. The first-order valence-corrected chi connectivity index (χ1v) is 11.4. The summed E-state index contributed by atoms with van der Waals surface area (Å²) < 4.78 is 18.0. The second-order valence-corrected chi connectivity index (χ2v) is 7.84. The fraction of sp³-hybridized carbons (Fsp3) is 0.321. The van der Waals surface area contributed by atoms with Crippen molar-refractivity contribution in [3.63, 3.8) is 0 Å². The molecule has 0 radical (unpaired) electrons. The van der Waals surface area contributed by atoms with Crippen LogP contribution in [0.3, 0.4) is 0 Å². The molecule has 3 aromatic carbocycles. The number of hydrogen-bond acceptors (Lipinski definition) is 4. The molecule has 4 heteroatoms. The Kier molecular flexibility index (Phi) is 8.73. The van der Waals surface area contributed by atoms with Gasteiger partial charge in [0, 0.05) is 6.42 Å². The maximum absolute atomic E-state index is 12.8. The minimum absolute atomic E-state index is 0.282. The van der Waals surface area contributed by atoms with Crippen LogP contribution in [0.1, 0.15) is 57.1 Å². The van der Waals surface area contributed by atoms with Crippen LogP contribution in [0, 0.1) is 0 Å². The van der Waals surface area contributed by atoms with Gasteiger partial charge in [-0.2, -0.15) is 0 Å². The molecule has 2 unspecified atom stereocenters. The lowest BCUT2D eigenvalue weighted by Crippen LogP contribution is -2.27. The van der Waals surface area contributed by atoms with Crippen molar-refractivity contribution in [1.29, 1.82) is 0 Å². The zero-order valence-electron chi connectivity index (χ0n) is 19.1. The average molecular weight is 433 g/mol. The molecule has 168 valence electrons. The lowest BCUT2D eigenvalue weighted by molar-refractivity contribution is -0.166. The number of benzene rings is 3. The number of ether oxygens (including phenoxy) is 3. The van der Waals surface area contributed by atoms with E-state index in [-0.39, 0.29) is 11.9 Å². The van der Waals surface area contributed by atoms with Gasteiger partial charge in [-0.3, -0.25) is 4.79 Å². The third-order valence-corrected chi connectivity index (χ3v) is 5.21. The molecule has 0 saturated carbocycles. The van der Waals surface area contributed by atoms with Crippen molar-refractivity contribution < 1.29 is 19.0 Å². The summed E-state index contributed by atoms with van der Waals surface area (Å²) in [6, 6.07) is 25.2. The van der Waals surface area contributed by atoms with Gasteiger partial charge in [-0.1, -0.05) is 68.8 Å². The van der Waals surface area contributed by atoms with Gasteiger partial charge in [-0.05, 0) is 61.2 Å². The third-order valence-electron chi connectivity index (χ3n) is 5.21. The molecule has 0 spiro atoms. The van der Waals surface area contributed by atoms with Crippen LogP contribution in [0.15, 0.2) is 78.9 Å². The number of rotatable bonds is 11. The molecule has 0 saturated heterocycles. The maximum atomic E-state index is 12.8. The summed E-state index contributed by atoms with van der Waals surface area (Å²) in [5, 5.41) is 0. The Morgan fingerprint density at radius 2 is 1.53 bits per heavy atom. The largest absolute Gasteiger partial charge is 0.457 e. The zero-order chi connectivity index (χ0) is 22.8. The lowest BCUT2D eigenvalue weighted by atomic mass is 10.0. The van der Waals surface area contributed by atoms with Gasteiger partial charge in [0.25, 0.3) is 0 Å². The molecular formula is C28H32O4. The van der Waals surface area contributed by atoms with Crippen LogP contribution >= 0.6 is 0 Å². The second-order valence-electron chi connectivity index (χ2n) is 7.84. The molecule has 0 bridgehead atoms. The first kappa shape index (κ1) is 23.4. The molecule has 0 fully saturated rings. The van der Waals surface area contributed by atoms with E-state index < -0.39 is 6.29 Å². The summed E-state index contributed by atoms with van der Waals surface area (Å²) in [5.74, 6) is 1.64. The van der Waals surface area contributed by atoms with E-state index in [1.165, 1.54) is 0 Å². The highest BCUT2D eigenvalue weighted by molar-refractivity contribution is 5.77. The van der Waals surface area contributed by atoms with Gasteiger partial charge in [0.1, 0.15) is 17.2 Å². The van der Waals surface area contributed by atoms with Crippen LogP contribution < -0.4 is 9.47 Å². The summed E-state index contributed by atoms with van der Waals surface area (Å²) in [5.41, 5.74) is 1.97. The van der Waals surface area contributed by atoms with E-state index in [1.54, 1.807) is 0 Å². The number of para-hydroxylation sites is 1. The SMILES string of the molecule is CCCc1cc(Oc2ccccc2)ccc1OC(CCC)OC(=O)C(C)c1ccccc1. The van der Waals surface area contributed by atoms with Gasteiger partial charge >= 0.3 is 5.97 Å². The molecule has 3 aromatic rings. The molecule has 32 heavy (non-hydrogen) atoms. The summed E-state index contributed by atoms with van der Waals surface area (Å²) in [6.45, 7) is 6.03. The van der Waals surface area contributed by atoms with Gasteiger partial charge in [-0.15, -0.1) is 0 Å². The van der Waals surface area contributed by atoms with Crippen LogP contribution in [0.25, 0.3) is 0 Å². The molecule has 0 aliphatic heterocycles. The van der Waals surface area contributed by atoms with Crippen LogP contribution in [0.2, 0.25) is 0 Å². The van der Waals surface area contributed by atoms with Crippen molar-refractivity contribution in [3.8, 4) is 17.2 Å². The van der Waals surface area contributed by atoms with Crippen molar-refractivity contribution in [2.24, 2.45) is 0 Å². The van der Waals surface area contributed by atoms with Crippen LogP contribution in [0.4, 0.5) is 0 Å². The van der Waals surface area contributed by atoms with Crippen molar-refractivity contribution in [3.05, 3.63) is 90.0 Å². The molecule has 0 aliphatic carbocycles. The summed E-state index contributed by atoms with van der Waals surface area (Å²) >= 11 is 0. The predicted octanol–water partition coefficient (Wildman–Crippen LogP) is 7.28. The van der Waals surface area contributed by atoms with Crippen molar-refractivity contribution in [2.75, 3.05) is 0 Å². The Morgan fingerprint density at radius 1 is 0.844 bits per heavy atom. The van der Waals surface area contributed by atoms with Crippen molar-refractivity contribution in [1.82, 2.24) is 0 Å². The fourth-order valence-electron chi connectivity index (χ4n) is 3.45. The lowest BCUT2D eigenvalue weighted by Gasteiger charge is -2.23. The Bertz CT molecular complexity index is 969. The summed E-state index contributed by atoms with van der Waals surface area (Å²) in [7, 11) is 0. The van der Waals surface area contributed by atoms with Crippen molar-refractivity contribution in [2.45, 2.75) is 58.7 Å². The molecule has 0 heterocycles. The Morgan fingerprint density at radius 3 is 2.19 bits per heavy atom. The standard InChI is InChI=1S/C28H32O4/c1-4-12-23-20-25(30-24-16-10-7-11-17-24)18-19-26(23)31-27(13-5-2)32-28(29)21(3)22-14-8-6-9-15-22/h6-11,14-21,27H,4-5,12-13H2,1-3H3. The van der Waals surface area contributed by atoms with E-state index >= 15 is 0 Å². The normalized spacial score (nSPS) is 12.6. The third kappa shape index (κ3) is 6.61. The smallest absolute Gasteiger partial charge is 0.316 e. The highest BCUT2D eigenvalue weighted by atomic mass is 16.7. The van der Waals surface area contributed by atoms with Gasteiger partial charge < -0.3 is 14.2 Å². The van der Waals surface area contributed by atoms with E-state index in [4.69, 9.17) is 14.2 Å². The number of carbonyl (C=O) groups excluding carboxylic acids is 1. The van der Waals surface area contributed by atoms with E-state index in [0.717, 1.165) is 47.6 Å². The van der Waals surface area contributed by atoms with Crippen LogP contribution in [0.5, 0.6) is 17.2 Å². The fourth-order valence-corrected chi connectivity index (χ4v) is 3.45. The predicted molar refractivity (Wildman–Crippen MR) is 127 cm³/mol. The summed E-state index contributed by atoms with van der Waals surface area (Å²) in [6.07, 6.45) is 2.65. The first-order chi connectivity index (χ1) is 15.6. The summed E-state index contributed by atoms with van der Waals surface area (Å²) in [4.78, 5) is 12.8. The van der Waals surface area contributed by atoms with E-state index in [9.17, 15) is 4.79 Å². The Labute approximate surface area is 191 Å². The number of aryl methyl sites for hydroxylation is 1. The van der Waals surface area contributed by atoms with E-state index in [0.29, 0.717) is 6.42 Å². The molecule has 4 nitrogen and oxygen atoms in total.